The van der Waals surface area contributed by atoms with E-state index in [-0.39, 0.29) is 12.1 Å². The van der Waals surface area contributed by atoms with Crippen molar-refractivity contribution in [3.8, 4) is 11.1 Å². The van der Waals surface area contributed by atoms with E-state index >= 15 is 0 Å². The third-order valence-corrected chi connectivity index (χ3v) is 2.65. The summed E-state index contributed by atoms with van der Waals surface area (Å²) in [4.78, 5) is 3.87. The van der Waals surface area contributed by atoms with Crippen LogP contribution in [0, 0.1) is 0 Å². The van der Waals surface area contributed by atoms with Crippen LogP contribution < -0.4 is 5.73 Å². The van der Waals surface area contributed by atoms with Gasteiger partial charge < -0.3 is 5.73 Å². The number of halogens is 3. The van der Waals surface area contributed by atoms with Crippen LogP contribution in [0.2, 0.25) is 0 Å². The summed E-state index contributed by atoms with van der Waals surface area (Å²) in [6.45, 7) is 0.171. The summed E-state index contributed by atoms with van der Waals surface area (Å²) >= 11 is 0. The van der Waals surface area contributed by atoms with Gasteiger partial charge in [0.1, 0.15) is 0 Å². The molecule has 2 aromatic rings. The first-order valence-electron chi connectivity index (χ1n) is 5.33. The van der Waals surface area contributed by atoms with Gasteiger partial charge in [0.25, 0.3) is 0 Å². The first-order chi connectivity index (χ1) is 8.54. The van der Waals surface area contributed by atoms with Gasteiger partial charge >= 0.3 is 6.18 Å². The zero-order valence-electron chi connectivity index (χ0n) is 9.41. The van der Waals surface area contributed by atoms with E-state index in [1.165, 1.54) is 24.5 Å². The number of pyridine rings is 1. The van der Waals surface area contributed by atoms with Crippen LogP contribution >= 0.6 is 0 Å². The maximum atomic E-state index is 12.9. The third-order valence-electron chi connectivity index (χ3n) is 2.65. The number of hydrogen-bond acceptors (Lipinski definition) is 2. The van der Waals surface area contributed by atoms with Crippen molar-refractivity contribution in [2.75, 3.05) is 0 Å². The Hall–Kier alpha value is -1.88. The Morgan fingerprint density at radius 2 is 1.78 bits per heavy atom. The number of benzene rings is 1. The quantitative estimate of drug-likeness (QED) is 0.891. The molecule has 5 heteroatoms. The van der Waals surface area contributed by atoms with Gasteiger partial charge in [-0.2, -0.15) is 13.2 Å². The Balaban J connectivity index is 2.65. The lowest BCUT2D eigenvalue weighted by Gasteiger charge is -2.14. The maximum absolute atomic E-state index is 12.9. The van der Waals surface area contributed by atoms with Gasteiger partial charge in [-0.25, -0.2) is 0 Å². The molecule has 0 aliphatic carbocycles. The molecule has 0 fully saturated rings. The van der Waals surface area contributed by atoms with Gasteiger partial charge in [-0.05, 0) is 23.3 Å². The first kappa shape index (κ1) is 12.6. The van der Waals surface area contributed by atoms with Crippen molar-refractivity contribution in [2.45, 2.75) is 12.7 Å². The first-order valence-corrected chi connectivity index (χ1v) is 5.33. The molecule has 0 atom stereocenters. The SMILES string of the molecule is NCc1ccncc1-c1ccccc1C(F)(F)F. The third kappa shape index (κ3) is 2.36. The summed E-state index contributed by atoms with van der Waals surface area (Å²) in [5.74, 6) is 0. The van der Waals surface area contributed by atoms with Crippen molar-refractivity contribution in [1.82, 2.24) is 4.98 Å². The van der Waals surface area contributed by atoms with E-state index in [2.05, 4.69) is 4.98 Å². The predicted molar refractivity (Wildman–Crippen MR) is 62.6 cm³/mol. The van der Waals surface area contributed by atoms with Crippen LogP contribution in [-0.2, 0) is 12.7 Å². The van der Waals surface area contributed by atoms with Crippen molar-refractivity contribution in [1.29, 1.82) is 0 Å². The van der Waals surface area contributed by atoms with Gasteiger partial charge in [0.05, 0.1) is 5.56 Å². The second kappa shape index (κ2) is 4.78. The van der Waals surface area contributed by atoms with E-state index < -0.39 is 11.7 Å². The molecule has 18 heavy (non-hydrogen) atoms. The summed E-state index contributed by atoms with van der Waals surface area (Å²) in [5, 5.41) is 0. The van der Waals surface area contributed by atoms with E-state index in [1.807, 2.05) is 0 Å². The topological polar surface area (TPSA) is 38.9 Å². The van der Waals surface area contributed by atoms with Crippen LogP contribution in [0.15, 0.2) is 42.7 Å². The molecule has 0 aliphatic rings. The van der Waals surface area contributed by atoms with Crippen molar-refractivity contribution >= 4 is 0 Å². The lowest BCUT2D eigenvalue weighted by molar-refractivity contribution is -0.137. The zero-order chi connectivity index (χ0) is 13.2. The van der Waals surface area contributed by atoms with E-state index in [0.29, 0.717) is 11.1 Å². The normalized spacial score (nSPS) is 11.6. The number of nitrogens with two attached hydrogens (primary N) is 1. The van der Waals surface area contributed by atoms with Gasteiger partial charge in [-0.1, -0.05) is 18.2 Å². The molecule has 0 saturated heterocycles. The Morgan fingerprint density at radius 1 is 1.06 bits per heavy atom. The molecular formula is C13H11F3N2. The summed E-state index contributed by atoms with van der Waals surface area (Å²) in [5.41, 5.74) is 6.04. The highest BCUT2D eigenvalue weighted by molar-refractivity contribution is 5.70. The van der Waals surface area contributed by atoms with Crippen molar-refractivity contribution in [3.63, 3.8) is 0 Å². The Morgan fingerprint density at radius 3 is 2.44 bits per heavy atom. The molecule has 1 aromatic carbocycles. The summed E-state index contributed by atoms with van der Waals surface area (Å²) in [7, 11) is 0. The fourth-order valence-electron chi connectivity index (χ4n) is 1.81. The number of nitrogens with zero attached hydrogens (tertiary/aromatic N) is 1. The van der Waals surface area contributed by atoms with E-state index in [9.17, 15) is 13.2 Å². The standard InChI is InChI=1S/C13H11F3N2/c14-13(15,16)12-4-2-1-3-10(12)11-8-18-6-5-9(11)7-17/h1-6,8H,7,17H2. The van der Waals surface area contributed by atoms with Gasteiger partial charge in [0.2, 0.25) is 0 Å². The minimum Gasteiger partial charge on any atom is -0.326 e. The zero-order valence-corrected chi connectivity index (χ0v) is 9.41. The largest absolute Gasteiger partial charge is 0.417 e. The average molecular weight is 252 g/mol. The van der Waals surface area contributed by atoms with Crippen LogP contribution in [0.1, 0.15) is 11.1 Å². The molecule has 0 saturated carbocycles. The average Bonchev–Trinajstić information content (AvgIpc) is 2.37. The Bertz CT molecular complexity index is 550. The van der Waals surface area contributed by atoms with Crippen LogP contribution in [0.5, 0.6) is 0 Å². The van der Waals surface area contributed by atoms with Crippen molar-refractivity contribution < 1.29 is 13.2 Å². The number of hydrogen-bond donors (Lipinski definition) is 1. The van der Waals surface area contributed by atoms with Gasteiger partial charge in [0.15, 0.2) is 0 Å². The van der Waals surface area contributed by atoms with Crippen LogP contribution in [-0.4, -0.2) is 4.98 Å². The molecule has 0 bridgehead atoms. The Kier molecular flexibility index (Phi) is 3.34. The summed E-state index contributed by atoms with van der Waals surface area (Å²) in [6, 6.07) is 7.05. The van der Waals surface area contributed by atoms with E-state index in [1.54, 1.807) is 12.1 Å². The van der Waals surface area contributed by atoms with Crippen LogP contribution in [0.4, 0.5) is 13.2 Å². The molecule has 0 radical (unpaired) electrons. The fraction of sp³-hybridized carbons (Fsp3) is 0.154. The van der Waals surface area contributed by atoms with E-state index in [4.69, 9.17) is 5.73 Å². The fourth-order valence-corrected chi connectivity index (χ4v) is 1.81. The molecule has 2 nitrogen and oxygen atoms in total. The molecule has 0 spiro atoms. The van der Waals surface area contributed by atoms with Crippen molar-refractivity contribution in [2.24, 2.45) is 5.73 Å². The molecular weight excluding hydrogens is 241 g/mol. The molecule has 2 rings (SSSR count). The van der Waals surface area contributed by atoms with E-state index in [0.717, 1.165) is 6.07 Å². The highest BCUT2D eigenvalue weighted by Gasteiger charge is 2.33. The minimum absolute atomic E-state index is 0.110. The number of aromatic nitrogens is 1. The van der Waals surface area contributed by atoms with Crippen LogP contribution in [0.25, 0.3) is 11.1 Å². The maximum Gasteiger partial charge on any atom is 0.417 e. The highest BCUT2D eigenvalue weighted by atomic mass is 19.4. The summed E-state index contributed by atoms with van der Waals surface area (Å²) < 4.78 is 38.8. The Labute approximate surface area is 102 Å². The smallest absolute Gasteiger partial charge is 0.326 e. The predicted octanol–water partition coefficient (Wildman–Crippen LogP) is 3.23. The second-order valence-corrected chi connectivity index (χ2v) is 3.78. The molecule has 1 aromatic heterocycles. The monoisotopic (exact) mass is 252 g/mol. The molecule has 0 amide bonds. The van der Waals surface area contributed by atoms with Crippen LogP contribution in [0.3, 0.4) is 0 Å². The van der Waals surface area contributed by atoms with Gasteiger partial charge in [-0.3, -0.25) is 4.98 Å². The summed E-state index contributed by atoms with van der Waals surface area (Å²) in [6.07, 6.45) is -1.47. The lowest BCUT2D eigenvalue weighted by atomic mass is 9.97. The van der Waals surface area contributed by atoms with Crippen molar-refractivity contribution in [3.05, 3.63) is 53.9 Å². The second-order valence-electron chi connectivity index (χ2n) is 3.78. The number of alkyl halides is 3. The molecule has 0 unspecified atom stereocenters. The van der Waals surface area contributed by atoms with Gasteiger partial charge in [0, 0.05) is 24.5 Å². The lowest BCUT2D eigenvalue weighted by Crippen LogP contribution is -2.08. The molecule has 2 N–H and O–H groups in total. The van der Waals surface area contributed by atoms with Gasteiger partial charge in [-0.15, -0.1) is 0 Å². The molecule has 1 heterocycles. The number of rotatable bonds is 2. The highest BCUT2D eigenvalue weighted by Crippen LogP contribution is 2.37. The minimum atomic E-state index is -4.39. The molecule has 94 valence electrons. The molecule has 0 aliphatic heterocycles.